The number of nitrogens with one attached hydrogen (secondary N) is 1. The van der Waals surface area contributed by atoms with Gasteiger partial charge in [0.2, 0.25) is 11.0 Å². The SMILES string of the molecule is COc1cccc(C(=O)Nc2nnc(C3CC(=O)N(c4ccccc4)C3)s2)c1. The van der Waals surface area contributed by atoms with E-state index in [1.54, 1.807) is 36.3 Å². The topological polar surface area (TPSA) is 84.4 Å². The van der Waals surface area contributed by atoms with Gasteiger partial charge in [-0.25, -0.2) is 0 Å². The van der Waals surface area contributed by atoms with Crippen molar-refractivity contribution in [1.82, 2.24) is 10.2 Å². The Bertz CT molecular complexity index is 1010. The summed E-state index contributed by atoms with van der Waals surface area (Å²) in [5, 5.41) is 12.2. The summed E-state index contributed by atoms with van der Waals surface area (Å²) in [6.45, 7) is 0.557. The van der Waals surface area contributed by atoms with Crippen LogP contribution in [0.3, 0.4) is 0 Å². The average molecular weight is 394 g/mol. The Kier molecular flexibility index (Phi) is 5.03. The lowest BCUT2D eigenvalue weighted by Crippen LogP contribution is -2.24. The second kappa shape index (κ2) is 7.77. The summed E-state index contributed by atoms with van der Waals surface area (Å²) in [7, 11) is 1.55. The monoisotopic (exact) mass is 394 g/mol. The normalized spacial score (nSPS) is 16.2. The van der Waals surface area contributed by atoms with E-state index in [4.69, 9.17) is 4.74 Å². The summed E-state index contributed by atoms with van der Waals surface area (Å²) in [6, 6.07) is 16.5. The Labute approximate surface area is 166 Å². The molecule has 1 aliphatic heterocycles. The summed E-state index contributed by atoms with van der Waals surface area (Å²) in [5.74, 6) is 0.354. The van der Waals surface area contributed by atoms with Gasteiger partial charge in [0.25, 0.3) is 5.91 Å². The molecule has 3 aromatic rings. The van der Waals surface area contributed by atoms with Crippen molar-refractivity contribution in [3.63, 3.8) is 0 Å². The van der Waals surface area contributed by atoms with Gasteiger partial charge >= 0.3 is 0 Å². The van der Waals surface area contributed by atoms with Crippen LogP contribution in [0.1, 0.15) is 27.7 Å². The van der Waals surface area contributed by atoms with E-state index in [1.807, 2.05) is 30.3 Å². The first-order valence-electron chi connectivity index (χ1n) is 8.78. The van der Waals surface area contributed by atoms with Gasteiger partial charge in [0, 0.05) is 30.1 Å². The van der Waals surface area contributed by atoms with Crippen LogP contribution in [-0.2, 0) is 4.79 Å². The molecule has 0 saturated carbocycles. The van der Waals surface area contributed by atoms with Crippen LogP contribution in [0.4, 0.5) is 10.8 Å². The molecule has 142 valence electrons. The number of rotatable bonds is 5. The summed E-state index contributed by atoms with van der Waals surface area (Å²) in [4.78, 5) is 26.6. The van der Waals surface area contributed by atoms with Gasteiger partial charge in [-0.05, 0) is 30.3 Å². The molecule has 1 saturated heterocycles. The average Bonchev–Trinajstić information content (AvgIpc) is 3.35. The lowest BCUT2D eigenvalue weighted by atomic mass is 10.1. The van der Waals surface area contributed by atoms with Crippen molar-refractivity contribution in [3.8, 4) is 5.75 Å². The van der Waals surface area contributed by atoms with Gasteiger partial charge in [0.05, 0.1) is 7.11 Å². The fourth-order valence-electron chi connectivity index (χ4n) is 3.11. The predicted octanol–water partition coefficient (Wildman–Crippen LogP) is 3.32. The second-order valence-electron chi connectivity index (χ2n) is 6.37. The number of carbonyl (C=O) groups excluding carboxylic acids is 2. The Morgan fingerprint density at radius 3 is 2.79 bits per heavy atom. The molecule has 1 aromatic heterocycles. The Hall–Kier alpha value is -3.26. The molecule has 0 aliphatic carbocycles. The Morgan fingerprint density at radius 2 is 2.00 bits per heavy atom. The van der Waals surface area contributed by atoms with Gasteiger partial charge in [-0.2, -0.15) is 0 Å². The highest BCUT2D eigenvalue weighted by molar-refractivity contribution is 7.15. The quantitative estimate of drug-likeness (QED) is 0.718. The van der Waals surface area contributed by atoms with Crippen molar-refractivity contribution in [2.45, 2.75) is 12.3 Å². The molecular formula is C20H18N4O3S. The number of amides is 2. The standard InChI is InChI=1S/C20H18N4O3S/c1-27-16-9-5-6-13(10-16)18(26)21-20-23-22-19(28-20)14-11-17(25)24(12-14)15-7-3-2-4-8-15/h2-10,14H,11-12H2,1H3,(H,21,23,26). The minimum absolute atomic E-state index is 0.0346. The van der Waals surface area contributed by atoms with Gasteiger partial charge in [-0.1, -0.05) is 35.6 Å². The van der Waals surface area contributed by atoms with Crippen LogP contribution in [0.5, 0.6) is 5.75 Å². The van der Waals surface area contributed by atoms with Crippen LogP contribution >= 0.6 is 11.3 Å². The number of para-hydroxylation sites is 1. The number of benzene rings is 2. The summed E-state index contributed by atoms with van der Waals surface area (Å²) in [5.41, 5.74) is 1.36. The molecule has 0 spiro atoms. The van der Waals surface area contributed by atoms with Crippen LogP contribution in [0.15, 0.2) is 54.6 Å². The molecule has 1 fully saturated rings. The molecule has 8 heteroatoms. The smallest absolute Gasteiger partial charge is 0.257 e. The maximum Gasteiger partial charge on any atom is 0.257 e. The molecular weight excluding hydrogens is 376 g/mol. The largest absolute Gasteiger partial charge is 0.497 e. The predicted molar refractivity (Wildman–Crippen MR) is 107 cm³/mol. The Morgan fingerprint density at radius 1 is 1.18 bits per heavy atom. The van der Waals surface area contributed by atoms with Gasteiger partial charge < -0.3 is 9.64 Å². The number of hydrogen-bond donors (Lipinski definition) is 1. The number of aromatic nitrogens is 2. The minimum Gasteiger partial charge on any atom is -0.497 e. The van der Waals surface area contributed by atoms with Gasteiger partial charge in [-0.3, -0.25) is 14.9 Å². The van der Waals surface area contributed by atoms with Crippen molar-refractivity contribution in [3.05, 3.63) is 65.2 Å². The molecule has 0 radical (unpaired) electrons. The van der Waals surface area contributed by atoms with Crippen LogP contribution in [-0.4, -0.2) is 35.7 Å². The van der Waals surface area contributed by atoms with Crippen LogP contribution in [0, 0.1) is 0 Å². The highest BCUT2D eigenvalue weighted by Gasteiger charge is 2.33. The molecule has 1 N–H and O–H groups in total. The third-order valence-electron chi connectivity index (χ3n) is 4.54. The zero-order chi connectivity index (χ0) is 19.5. The van der Waals surface area contributed by atoms with Crippen molar-refractivity contribution >= 4 is 34.0 Å². The lowest BCUT2D eigenvalue weighted by molar-refractivity contribution is -0.117. The van der Waals surface area contributed by atoms with Crippen LogP contribution in [0.2, 0.25) is 0 Å². The van der Waals surface area contributed by atoms with E-state index in [9.17, 15) is 9.59 Å². The first-order valence-corrected chi connectivity index (χ1v) is 9.60. The molecule has 2 amide bonds. The van der Waals surface area contributed by atoms with Crippen LogP contribution in [0.25, 0.3) is 0 Å². The van der Waals surface area contributed by atoms with Crippen molar-refractivity contribution < 1.29 is 14.3 Å². The molecule has 1 aliphatic rings. The summed E-state index contributed by atoms with van der Waals surface area (Å²) in [6.07, 6.45) is 0.382. The second-order valence-corrected chi connectivity index (χ2v) is 7.38. The molecule has 2 heterocycles. The van der Waals surface area contributed by atoms with Crippen LogP contribution < -0.4 is 15.0 Å². The van der Waals surface area contributed by atoms with Crippen molar-refractivity contribution in [1.29, 1.82) is 0 Å². The minimum atomic E-state index is -0.282. The van der Waals surface area contributed by atoms with Gasteiger partial charge in [0.15, 0.2) is 0 Å². The number of nitrogens with zero attached hydrogens (tertiary/aromatic N) is 3. The zero-order valence-corrected chi connectivity index (χ0v) is 16.0. The fourth-order valence-corrected chi connectivity index (χ4v) is 3.94. The highest BCUT2D eigenvalue weighted by atomic mass is 32.1. The fraction of sp³-hybridized carbons (Fsp3) is 0.200. The lowest BCUT2D eigenvalue weighted by Gasteiger charge is -2.15. The maximum atomic E-state index is 12.4. The molecule has 2 aromatic carbocycles. The molecule has 1 atom stereocenters. The maximum absolute atomic E-state index is 12.4. The number of hydrogen-bond acceptors (Lipinski definition) is 6. The van der Waals surface area contributed by atoms with Crippen molar-refractivity contribution in [2.24, 2.45) is 0 Å². The zero-order valence-electron chi connectivity index (χ0n) is 15.2. The van der Waals surface area contributed by atoms with E-state index >= 15 is 0 Å². The molecule has 0 bridgehead atoms. The first-order chi connectivity index (χ1) is 13.6. The molecule has 4 rings (SSSR count). The molecule has 28 heavy (non-hydrogen) atoms. The summed E-state index contributed by atoms with van der Waals surface area (Å²) >= 11 is 1.30. The van der Waals surface area contributed by atoms with E-state index < -0.39 is 0 Å². The van der Waals surface area contributed by atoms with Crippen molar-refractivity contribution in [2.75, 3.05) is 23.9 Å². The van der Waals surface area contributed by atoms with E-state index in [0.29, 0.717) is 29.4 Å². The number of ether oxygens (including phenoxy) is 1. The van der Waals surface area contributed by atoms with E-state index in [0.717, 1.165) is 10.7 Å². The van der Waals surface area contributed by atoms with E-state index in [1.165, 1.54) is 11.3 Å². The Balaban J connectivity index is 1.44. The number of carbonyl (C=O) groups is 2. The third kappa shape index (κ3) is 3.72. The van der Waals surface area contributed by atoms with E-state index in [2.05, 4.69) is 15.5 Å². The number of anilines is 2. The third-order valence-corrected chi connectivity index (χ3v) is 5.54. The summed E-state index contributed by atoms with van der Waals surface area (Å²) < 4.78 is 5.14. The first kappa shape index (κ1) is 18.1. The highest BCUT2D eigenvalue weighted by Crippen LogP contribution is 2.34. The van der Waals surface area contributed by atoms with Gasteiger partial charge in [-0.15, -0.1) is 10.2 Å². The number of methoxy groups -OCH3 is 1. The molecule has 1 unspecified atom stereocenters. The van der Waals surface area contributed by atoms with E-state index in [-0.39, 0.29) is 17.7 Å². The van der Waals surface area contributed by atoms with Gasteiger partial charge in [0.1, 0.15) is 10.8 Å². The molecule has 7 nitrogen and oxygen atoms in total.